The topological polar surface area (TPSA) is 60.0 Å². The molecule has 1 rings (SSSR count). The van der Waals surface area contributed by atoms with Gasteiger partial charge in [-0.1, -0.05) is 20.8 Å². The van der Waals surface area contributed by atoms with E-state index in [9.17, 15) is 4.79 Å². The van der Waals surface area contributed by atoms with Crippen molar-refractivity contribution in [2.45, 2.75) is 53.1 Å². The van der Waals surface area contributed by atoms with Gasteiger partial charge in [-0.05, 0) is 31.7 Å². The Morgan fingerprint density at radius 2 is 2.11 bits per heavy atom. The number of carbonyl (C=O) groups excluding carboxylic acids is 1. The molecule has 1 amide bonds. The smallest absolute Gasteiger partial charge is 0.268 e. The maximum atomic E-state index is 12.2. The molecule has 1 heterocycles. The summed E-state index contributed by atoms with van der Waals surface area (Å²) in [5.41, 5.74) is 7.06. The molecular weight excluding hydrogens is 226 g/mol. The maximum Gasteiger partial charge on any atom is 0.268 e. The Morgan fingerprint density at radius 1 is 1.44 bits per heavy atom. The van der Waals surface area contributed by atoms with Gasteiger partial charge in [0, 0.05) is 18.8 Å². The minimum absolute atomic E-state index is 0.0340. The molecule has 4 heteroatoms. The molecule has 0 aromatic carbocycles. The first-order valence-corrected chi connectivity index (χ1v) is 6.70. The van der Waals surface area contributed by atoms with Crippen LogP contribution in [0.4, 0.5) is 5.69 Å². The van der Waals surface area contributed by atoms with E-state index in [4.69, 9.17) is 5.73 Å². The Hall–Kier alpha value is -1.45. The third-order valence-corrected chi connectivity index (χ3v) is 2.82. The Balaban J connectivity index is 2.71. The van der Waals surface area contributed by atoms with Gasteiger partial charge in [-0.15, -0.1) is 0 Å². The number of nitrogens with two attached hydrogens (primary N) is 1. The largest absolute Gasteiger partial charge is 0.397 e. The van der Waals surface area contributed by atoms with Crippen LogP contribution in [0.25, 0.3) is 0 Å². The molecule has 3 N–H and O–H groups in total. The zero-order chi connectivity index (χ0) is 13.7. The van der Waals surface area contributed by atoms with Gasteiger partial charge in [-0.2, -0.15) is 0 Å². The van der Waals surface area contributed by atoms with Gasteiger partial charge in [0.1, 0.15) is 5.69 Å². The number of nitrogens with one attached hydrogen (secondary N) is 1. The first kappa shape index (κ1) is 14.6. The molecule has 1 atom stereocenters. The minimum Gasteiger partial charge on any atom is -0.397 e. The zero-order valence-electron chi connectivity index (χ0n) is 11.9. The lowest BCUT2D eigenvalue weighted by molar-refractivity contribution is 0.0926. The van der Waals surface area contributed by atoms with Gasteiger partial charge in [0.05, 0.1) is 5.69 Å². The van der Waals surface area contributed by atoms with E-state index in [1.54, 1.807) is 6.07 Å². The van der Waals surface area contributed by atoms with Crippen molar-refractivity contribution in [1.82, 2.24) is 9.88 Å². The number of hydrogen-bond acceptors (Lipinski definition) is 2. The normalized spacial score (nSPS) is 12.7. The van der Waals surface area contributed by atoms with Gasteiger partial charge in [0.2, 0.25) is 0 Å². The number of nitrogens with zero attached hydrogens (tertiary/aromatic N) is 1. The number of rotatable bonds is 6. The maximum absolute atomic E-state index is 12.2. The van der Waals surface area contributed by atoms with Gasteiger partial charge in [-0.3, -0.25) is 4.79 Å². The lowest BCUT2D eigenvalue weighted by Crippen LogP contribution is -2.34. The molecule has 4 nitrogen and oxygen atoms in total. The van der Waals surface area contributed by atoms with E-state index in [1.807, 2.05) is 17.7 Å². The van der Waals surface area contributed by atoms with Crippen LogP contribution in [-0.2, 0) is 6.54 Å². The molecule has 0 saturated heterocycles. The van der Waals surface area contributed by atoms with Gasteiger partial charge in [0.25, 0.3) is 5.91 Å². The minimum atomic E-state index is -0.0340. The Morgan fingerprint density at radius 3 is 2.67 bits per heavy atom. The van der Waals surface area contributed by atoms with E-state index < -0.39 is 0 Å². The van der Waals surface area contributed by atoms with Crippen LogP contribution in [0.5, 0.6) is 0 Å². The fraction of sp³-hybridized carbons (Fsp3) is 0.643. The summed E-state index contributed by atoms with van der Waals surface area (Å²) >= 11 is 0. The summed E-state index contributed by atoms with van der Waals surface area (Å²) in [4.78, 5) is 12.2. The first-order valence-electron chi connectivity index (χ1n) is 6.70. The van der Waals surface area contributed by atoms with Gasteiger partial charge in [0.15, 0.2) is 0 Å². The lowest BCUT2D eigenvalue weighted by atomic mass is 10.1. The number of hydrogen-bond donors (Lipinski definition) is 2. The van der Waals surface area contributed by atoms with E-state index in [0.717, 1.165) is 19.4 Å². The fourth-order valence-corrected chi connectivity index (χ4v) is 2.21. The molecule has 102 valence electrons. The SMILES string of the molecule is CCCn1cc(N)cc1C(=O)NC(C)CC(C)C. The lowest BCUT2D eigenvalue weighted by Gasteiger charge is -2.16. The second kappa shape index (κ2) is 6.47. The molecule has 0 aliphatic heterocycles. The Labute approximate surface area is 110 Å². The van der Waals surface area contributed by atoms with Crippen LogP contribution >= 0.6 is 0 Å². The van der Waals surface area contributed by atoms with Crippen LogP contribution in [0, 0.1) is 5.92 Å². The molecular formula is C14H25N3O. The van der Waals surface area contributed by atoms with E-state index in [2.05, 4.69) is 26.1 Å². The zero-order valence-corrected chi connectivity index (χ0v) is 11.9. The second-order valence-corrected chi connectivity index (χ2v) is 5.36. The van der Waals surface area contributed by atoms with Crippen molar-refractivity contribution in [1.29, 1.82) is 0 Å². The molecule has 0 bridgehead atoms. The predicted octanol–water partition coefficient (Wildman–Crippen LogP) is 2.64. The van der Waals surface area contributed by atoms with Crippen molar-refractivity contribution in [2.24, 2.45) is 5.92 Å². The van der Waals surface area contributed by atoms with Gasteiger partial charge < -0.3 is 15.6 Å². The number of aryl methyl sites for hydroxylation is 1. The molecule has 1 unspecified atom stereocenters. The number of nitrogen functional groups attached to an aromatic ring is 1. The van der Waals surface area contributed by atoms with Crippen LogP contribution in [0.2, 0.25) is 0 Å². The summed E-state index contributed by atoms with van der Waals surface area (Å²) in [6.07, 6.45) is 3.79. The van der Waals surface area contributed by atoms with Crippen LogP contribution < -0.4 is 11.1 Å². The predicted molar refractivity (Wildman–Crippen MR) is 75.5 cm³/mol. The number of carbonyl (C=O) groups is 1. The number of aromatic nitrogens is 1. The van der Waals surface area contributed by atoms with Crippen molar-refractivity contribution in [3.8, 4) is 0 Å². The summed E-state index contributed by atoms with van der Waals surface area (Å²) in [7, 11) is 0. The molecule has 0 aliphatic carbocycles. The highest BCUT2D eigenvalue weighted by molar-refractivity contribution is 5.94. The average molecular weight is 251 g/mol. The van der Waals surface area contributed by atoms with Crippen LogP contribution in [-0.4, -0.2) is 16.5 Å². The van der Waals surface area contributed by atoms with Crippen molar-refractivity contribution in [3.63, 3.8) is 0 Å². The number of anilines is 1. The van der Waals surface area contributed by atoms with Crippen molar-refractivity contribution in [3.05, 3.63) is 18.0 Å². The van der Waals surface area contributed by atoms with E-state index in [0.29, 0.717) is 17.3 Å². The van der Waals surface area contributed by atoms with Crippen molar-refractivity contribution in [2.75, 3.05) is 5.73 Å². The summed E-state index contributed by atoms with van der Waals surface area (Å²) in [5.74, 6) is 0.543. The molecule has 1 aromatic rings. The highest BCUT2D eigenvalue weighted by atomic mass is 16.2. The Bertz CT molecular complexity index is 396. The Kier molecular flexibility index (Phi) is 5.25. The average Bonchev–Trinajstić information content (AvgIpc) is 2.58. The van der Waals surface area contributed by atoms with Crippen molar-refractivity contribution >= 4 is 11.6 Å². The van der Waals surface area contributed by atoms with E-state index in [1.165, 1.54) is 0 Å². The quantitative estimate of drug-likeness (QED) is 0.816. The highest BCUT2D eigenvalue weighted by Crippen LogP contribution is 2.12. The third-order valence-electron chi connectivity index (χ3n) is 2.82. The molecule has 0 spiro atoms. The molecule has 0 fully saturated rings. The van der Waals surface area contributed by atoms with E-state index in [-0.39, 0.29) is 11.9 Å². The van der Waals surface area contributed by atoms with Crippen LogP contribution in [0.15, 0.2) is 12.3 Å². The standard InChI is InChI=1S/C14H25N3O/c1-5-6-17-9-12(15)8-13(17)14(18)16-11(4)7-10(2)3/h8-11H,5-7,15H2,1-4H3,(H,16,18). The van der Waals surface area contributed by atoms with Gasteiger partial charge in [-0.25, -0.2) is 0 Å². The van der Waals surface area contributed by atoms with E-state index >= 15 is 0 Å². The fourth-order valence-electron chi connectivity index (χ4n) is 2.21. The summed E-state index contributed by atoms with van der Waals surface area (Å²) in [6, 6.07) is 1.93. The molecule has 0 aliphatic rings. The summed E-state index contributed by atoms with van der Waals surface area (Å²) in [5, 5.41) is 3.02. The molecule has 1 aromatic heterocycles. The molecule has 0 saturated carbocycles. The third kappa shape index (κ3) is 4.09. The monoisotopic (exact) mass is 251 g/mol. The highest BCUT2D eigenvalue weighted by Gasteiger charge is 2.15. The first-order chi connectivity index (χ1) is 8.43. The molecule has 0 radical (unpaired) electrons. The second-order valence-electron chi connectivity index (χ2n) is 5.36. The van der Waals surface area contributed by atoms with Crippen LogP contribution in [0.1, 0.15) is 51.0 Å². The number of amides is 1. The van der Waals surface area contributed by atoms with Crippen molar-refractivity contribution < 1.29 is 4.79 Å². The summed E-state index contributed by atoms with van der Waals surface area (Å²) < 4.78 is 1.92. The summed E-state index contributed by atoms with van der Waals surface area (Å²) in [6.45, 7) is 9.24. The van der Waals surface area contributed by atoms with Gasteiger partial charge >= 0.3 is 0 Å². The molecule has 18 heavy (non-hydrogen) atoms. The van der Waals surface area contributed by atoms with Crippen LogP contribution in [0.3, 0.4) is 0 Å².